The lowest BCUT2D eigenvalue weighted by atomic mass is 10.0. The minimum Gasteiger partial charge on any atom is -0.346 e. The molecule has 0 amide bonds. The third-order valence-corrected chi connectivity index (χ3v) is 4.28. The maximum absolute atomic E-state index is 12.5. The van der Waals surface area contributed by atoms with Crippen LogP contribution >= 0.6 is 0 Å². The van der Waals surface area contributed by atoms with Crippen molar-refractivity contribution in [2.45, 2.75) is 6.92 Å². The van der Waals surface area contributed by atoms with Crippen LogP contribution in [0, 0.1) is 18.3 Å². The minimum atomic E-state index is -0.278. The predicted molar refractivity (Wildman–Crippen MR) is 104 cm³/mol. The number of hydrogen-bond donors (Lipinski definition) is 1. The van der Waals surface area contributed by atoms with Gasteiger partial charge in [0.05, 0.1) is 5.69 Å². The Kier molecular flexibility index (Phi) is 4.11. The Labute approximate surface area is 155 Å². The smallest absolute Gasteiger partial charge is 0.259 e. The topological polar surface area (TPSA) is 85.8 Å². The van der Waals surface area contributed by atoms with Gasteiger partial charge in [0, 0.05) is 17.8 Å². The Balaban J connectivity index is 2.02. The van der Waals surface area contributed by atoms with Crippen molar-refractivity contribution in [3.8, 4) is 17.2 Å². The van der Waals surface area contributed by atoms with E-state index in [1.807, 2.05) is 61.5 Å². The summed E-state index contributed by atoms with van der Waals surface area (Å²) >= 11 is 0. The summed E-state index contributed by atoms with van der Waals surface area (Å²) in [6.07, 6.45) is 1.52. The van der Waals surface area contributed by atoms with E-state index in [0.717, 1.165) is 11.1 Å². The molecular formula is C21H15N5O. The summed E-state index contributed by atoms with van der Waals surface area (Å²) in [6.45, 7) is 1.99. The Morgan fingerprint density at radius 2 is 1.74 bits per heavy atom. The Bertz CT molecular complexity index is 1240. The number of aromatic amines is 1. The van der Waals surface area contributed by atoms with Crippen molar-refractivity contribution in [1.29, 1.82) is 5.26 Å². The largest absolute Gasteiger partial charge is 0.346 e. The second kappa shape index (κ2) is 6.73. The van der Waals surface area contributed by atoms with E-state index in [0.29, 0.717) is 28.3 Å². The van der Waals surface area contributed by atoms with Crippen molar-refractivity contribution in [3.63, 3.8) is 0 Å². The lowest BCUT2D eigenvalue weighted by Crippen LogP contribution is -2.10. The van der Waals surface area contributed by atoms with Gasteiger partial charge in [0.15, 0.2) is 5.82 Å². The Morgan fingerprint density at radius 1 is 1.00 bits per heavy atom. The first-order valence-electron chi connectivity index (χ1n) is 8.39. The number of aryl methyl sites for hydroxylation is 1. The van der Waals surface area contributed by atoms with Crippen molar-refractivity contribution < 1.29 is 0 Å². The summed E-state index contributed by atoms with van der Waals surface area (Å²) in [5.74, 6) is 0.329. The molecule has 0 atom stereocenters. The fraction of sp³-hybridized carbons (Fsp3) is 0.0476. The number of fused-ring (bicyclic) bond motifs is 1. The van der Waals surface area contributed by atoms with Crippen LogP contribution in [0.4, 0.5) is 11.5 Å². The van der Waals surface area contributed by atoms with Crippen LogP contribution in [0.5, 0.6) is 0 Å². The van der Waals surface area contributed by atoms with Gasteiger partial charge in [-0.2, -0.15) is 5.26 Å². The van der Waals surface area contributed by atoms with Gasteiger partial charge < -0.3 is 4.98 Å². The van der Waals surface area contributed by atoms with E-state index in [1.165, 1.54) is 16.7 Å². The molecule has 4 aromatic rings. The fourth-order valence-electron chi connectivity index (χ4n) is 2.98. The van der Waals surface area contributed by atoms with E-state index in [1.54, 1.807) is 0 Å². The van der Waals surface area contributed by atoms with E-state index in [9.17, 15) is 10.1 Å². The average Bonchev–Trinajstić information content (AvgIpc) is 3.03. The molecule has 0 radical (unpaired) electrons. The number of rotatable bonds is 3. The number of H-pyrrole nitrogens is 1. The van der Waals surface area contributed by atoms with Crippen LogP contribution in [0.3, 0.4) is 0 Å². The number of benzene rings is 2. The predicted octanol–water partition coefficient (Wildman–Crippen LogP) is 4.89. The summed E-state index contributed by atoms with van der Waals surface area (Å²) in [5, 5.41) is 18.4. The normalized spacial score (nSPS) is 11.1. The molecule has 2 aromatic carbocycles. The van der Waals surface area contributed by atoms with Gasteiger partial charge in [-0.3, -0.25) is 4.79 Å². The van der Waals surface area contributed by atoms with Gasteiger partial charge in [-0.05, 0) is 24.6 Å². The number of hydrogen-bond acceptors (Lipinski definition) is 4. The highest BCUT2D eigenvalue weighted by Crippen LogP contribution is 2.37. The van der Waals surface area contributed by atoms with Gasteiger partial charge in [0.2, 0.25) is 0 Å². The molecule has 130 valence electrons. The zero-order chi connectivity index (χ0) is 18.8. The van der Waals surface area contributed by atoms with Crippen LogP contribution in [-0.4, -0.2) is 9.38 Å². The molecule has 0 bridgehead atoms. The van der Waals surface area contributed by atoms with Crippen LogP contribution in [-0.2, 0) is 0 Å². The lowest BCUT2D eigenvalue weighted by Gasteiger charge is -2.01. The third-order valence-electron chi connectivity index (χ3n) is 4.28. The first-order chi connectivity index (χ1) is 13.2. The molecule has 4 rings (SSSR count). The summed E-state index contributed by atoms with van der Waals surface area (Å²) in [6, 6.07) is 20.6. The molecule has 27 heavy (non-hydrogen) atoms. The second-order valence-electron chi connectivity index (χ2n) is 6.09. The highest BCUT2D eigenvalue weighted by molar-refractivity contribution is 5.87. The van der Waals surface area contributed by atoms with Crippen LogP contribution in [0.15, 0.2) is 81.9 Å². The molecule has 0 aliphatic carbocycles. The molecule has 2 aromatic heterocycles. The number of nitriles is 1. The van der Waals surface area contributed by atoms with E-state index in [4.69, 9.17) is 0 Å². The van der Waals surface area contributed by atoms with Crippen LogP contribution in [0.2, 0.25) is 0 Å². The highest BCUT2D eigenvalue weighted by Gasteiger charge is 2.21. The Morgan fingerprint density at radius 3 is 2.44 bits per heavy atom. The van der Waals surface area contributed by atoms with Crippen LogP contribution < -0.4 is 5.56 Å². The Hall–Kier alpha value is -3.98. The maximum atomic E-state index is 12.5. The van der Waals surface area contributed by atoms with E-state index in [-0.39, 0.29) is 5.56 Å². The van der Waals surface area contributed by atoms with Gasteiger partial charge in [0.25, 0.3) is 5.56 Å². The molecule has 0 saturated carbocycles. The van der Waals surface area contributed by atoms with E-state index >= 15 is 0 Å². The number of nitrogens with zero attached hydrogens (tertiary/aromatic N) is 4. The molecule has 0 saturated heterocycles. The number of aromatic nitrogens is 2. The fourth-order valence-corrected chi connectivity index (χ4v) is 2.98. The summed E-state index contributed by atoms with van der Waals surface area (Å²) in [4.78, 5) is 15.5. The number of nitrogens with one attached hydrogen (secondary N) is 1. The molecule has 0 aliphatic heterocycles. The molecule has 2 heterocycles. The molecular weight excluding hydrogens is 338 g/mol. The lowest BCUT2D eigenvalue weighted by molar-refractivity contribution is 1.03. The number of azo groups is 1. The standard InChI is InChI=1S/C21H15N5O/c1-14-7-9-16(10-8-14)24-25-21-19(15-5-3-2-4-6-15)17(13-22)20-23-12-11-18(27)26(20)21/h2-12,23H,1H3. The van der Waals surface area contributed by atoms with Gasteiger partial charge in [-0.15, -0.1) is 10.2 Å². The molecule has 6 nitrogen and oxygen atoms in total. The summed E-state index contributed by atoms with van der Waals surface area (Å²) in [7, 11) is 0. The molecule has 1 N–H and O–H groups in total. The second-order valence-corrected chi connectivity index (χ2v) is 6.09. The quantitative estimate of drug-likeness (QED) is 0.532. The summed E-state index contributed by atoms with van der Waals surface area (Å²) < 4.78 is 1.39. The van der Waals surface area contributed by atoms with Crippen molar-refractivity contribution in [2.75, 3.05) is 0 Å². The van der Waals surface area contributed by atoms with Gasteiger partial charge in [0.1, 0.15) is 17.3 Å². The minimum absolute atomic E-state index is 0.278. The van der Waals surface area contributed by atoms with Gasteiger partial charge in [-0.25, -0.2) is 4.40 Å². The zero-order valence-electron chi connectivity index (χ0n) is 14.5. The molecule has 0 aliphatic rings. The third kappa shape index (κ3) is 2.92. The molecule has 0 fully saturated rings. The SMILES string of the molecule is Cc1ccc(N=Nc2c(-c3ccccc3)c(C#N)c3[nH]ccc(=O)n23)cc1. The van der Waals surface area contributed by atoms with Crippen molar-refractivity contribution in [2.24, 2.45) is 10.2 Å². The maximum Gasteiger partial charge on any atom is 0.259 e. The van der Waals surface area contributed by atoms with E-state index in [2.05, 4.69) is 21.3 Å². The molecule has 0 unspecified atom stereocenters. The van der Waals surface area contributed by atoms with Crippen molar-refractivity contribution >= 4 is 17.2 Å². The first kappa shape index (κ1) is 16.5. The molecule has 6 heteroatoms. The van der Waals surface area contributed by atoms with Crippen molar-refractivity contribution in [1.82, 2.24) is 9.38 Å². The monoisotopic (exact) mass is 353 g/mol. The van der Waals surface area contributed by atoms with Gasteiger partial charge >= 0.3 is 0 Å². The van der Waals surface area contributed by atoms with Crippen LogP contribution in [0.25, 0.3) is 16.8 Å². The average molecular weight is 353 g/mol. The van der Waals surface area contributed by atoms with E-state index < -0.39 is 0 Å². The molecule has 0 spiro atoms. The van der Waals surface area contributed by atoms with Crippen molar-refractivity contribution in [3.05, 3.63) is 88.3 Å². The van der Waals surface area contributed by atoms with Crippen LogP contribution in [0.1, 0.15) is 11.1 Å². The summed E-state index contributed by atoms with van der Waals surface area (Å²) in [5.41, 5.74) is 3.64. The first-order valence-corrected chi connectivity index (χ1v) is 8.39. The van der Waals surface area contributed by atoms with Gasteiger partial charge in [-0.1, -0.05) is 48.0 Å². The zero-order valence-corrected chi connectivity index (χ0v) is 14.5. The highest BCUT2D eigenvalue weighted by atomic mass is 16.1.